The molecule has 2 saturated heterocycles. The van der Waals surface area contributed by atoms with E-state index in [1.54, 1.807) is 23.2 Å². The number of nitrogens with one attached hydrogen (secondary N) is 1. The first-order valence-corrected chi connectivity index (χ1v) is 13.2. The highest BCUT2D eigenvalue weighted by Gasteiger charge is 2.54. The number of ether oxygens (including phenoxy) is 1. The SMILES string of the molecule is CCc1ccc(C(=O)N2CCC3(CC2)OC[C@H](C(=O)NCc2ccccn2)N3C(=O)c2ccc(F)cc2)cc1. The smallest absolute Gasteiger partial charge is 0.256 e. The fourth-order valence-electron chi connectivity index (χ4n) is 5.22. The number of aryl methyl sites for hydroxylation is 1. The number of carbonyl (C=O) groups excluding carboxylic acids is 3. The normalized spacial score (nSPS) is 18.3. The van der Waals surface area contributed by atoms with Gasteiger partial charge in [-0.25, -0.2) is 4.39 Å². The fourth-order valence-corrected chi connectivity index (χ4v) is 5.22. The number of halogens is 1. The molecule has 3 amide bonds. The number of pyridine rings is 1. The molecule has 1 aromatic heterocycles. The van der Waals surface area contributed by atoms with Gasteiger partial charge in [0.25, 0.3) is 11.8 Å². The highest BCUT2D eigenvalue weighted by molar-refractivity contribution is 5.98. The van der Waals surface area contributed by atoms with Gasteiger partial charge in [-0.3, -0.25) is 24.3 Å². The molecule has 1 N–H and O–H groups in total. The van der Waals surface area contributed by atoms with E-state index in [0.29, 0.717) is 37.2 Å². The first-order chi connectivity index (χ1) is 18.9. The Labute approximate surface area is 226 Å². The van der Waals surface area contributed by atoms with E-state index in [1.165, 1.54) is 29.2 Å². The van der Waals surface area contributed by atoms with E-state index in [2.05, 4.69) is 17.2 Å². The van der Waals surface area contributed by atoms with E-state index < -0.39 is 23.5 Å². The lowest BCUT2D eigenvalue weighted by atomic mass is 9.96. The lowest BCUT2D eigenvalue weighted by molar-refractivity contribution is -0.128. The summed E-state index contributed by atoms with van der Waals surface area (Å²) in [7, 11) is 0. The Morgan fingerprint density at radius 1 is 0.974 bits per heavy atom. The predicted molar refractivity (Wildman–Crippen MR) is 142 cm³/mol. The van der Waals surface area contributed by atoms with Crippen molar-refractivity contribution in [2.75, 3.05) is 19.7 Å². The van der Waals surface area contributed by atoms with Gasteiger partial charge in [0.1, 0.15) is 17.6 Å². The van der Waals surface area contributed by atoms with Crippen LogP contribution in [0.1, 0.15) is 51.7 Å². The molecule has 0 bridgehead atoms. The number of nitrogens with zero attached hydrogens (tertiary/aromatic N) is 3. The highest BCUT2D eigenvalue weighted by atomic mass is 19.1. The van der Waals surface area contributed by atoms with Crippen LogP contribution in [0.2, 0.25) is 0 Å². The van der Waals surface area contributed by atoms with Crippen molar-refractivity contribution in [3.8, 4) is 0 Å². The molecule has 3 heterocycles. The molecule has 1 spiro atoms. The number of hydrogen-bond acceptors (Lipinski definition) is 5. The standard InChI is InChI=1S/C30H31FN4O4/c1-2-21-6-8-22(9-7-21)28(37)34-17-14-30(15-18-34)35(29(38)23-10-12-24(31)13-11-23)26(20-39-30)27(36)33-19-25-5-3-4-16-32-25/h3-13,16,26H,2,14-15,17-20H2,1H3,(H,33,36)/t26-/m1/s1. The lowest BCUT2D eigenvalue weighted by Crippen LogP contribution is -2.59. The maximum atomic E-state index is 13.8. The van der Waals surface area contributed by atoms with Crippen LogP contribution in [0.5, 0.6) is 0 Å². The Bertz CT molecular complexity index is 1320. The number of benzene rings is 2. The van der Waals surface area contributed by atoms with Gasteiger partial charge in [-0.1, -0.05) is 25.1 Å². The van der Waals surface area contributed by atoms with Crippen LogP contribution in [0.3, 0.4) is 0 Å². The van der Waals surface area contributed by atoms with E-state index in [1.807, 2.05) is 30.3 Å². The van der Waals surface area contributed by atoms with Gasteiger partial charge in [0.2, 0.25) is 5.91 Å². The molecule has 9 heteroatoms. The molecule has 39 heavy (non-hydrogen) atoms. The minimum absolute atomic E-state index is 0.0212. The Balaban J connectivity index is 1.34. The minimum Gasteiger partial charge on any atom is -0.353 e. The van der Waals surface area contributed by atoms with Gasteiger partial charge in [-0.05, 0) is 60.5 Å². The number of aromatic nitrogens is 1. The minimum atomic E-state index is -1.05. The number of hydrogen-bond donors (Lipinski definition) is 1. The molecule has 1 atom stereocenters. The van der Waals surface area contributed by atoms with Crippen LogP contribution in [-0.2, 0) is 22.5 Å². The van der Waals surface area contributed by atoms with E-state index in [0.717, 1.165) is 12.0 Å². The van der Waals surface area contributed by atoms with Gasteiger partial charge < -0.3 is 15.0 Å². The molecule has 8 nitrogen and oxygen atoms in total. The summed E-state index contributed by atoms with van der Waals surface area (Å²) in [5.41, 5.74) is 1.67. The monoisotopic (exact) mass is 530 g/mol. The van der Waals surface area contributed by atoms with Crippen molar-refractivity contribution in [2.24, 2.45) is 0 Å². The third-order valence-electron chi connectivity index (χ3n) is 7.48. The van der Waals surface area contributed by atoms with Crippen molar-refractivity contribution in [2.45, 2.75) is 44.5 Å². The molecule has 3 aromatic rings. The third kappa shape index (κ3) is 5.54. The van der Waals surface area contributed by atoms with Crippen LogP contribution < -0.4 is 5.32 Å². The van der Waals surface area contributed by atoms with Crippen molar-refractivity contribution in [1.29, 1.82) is 0 Å². The summed E-state index contributed by atoms with van der Waals surface area (Å²) in [4.78, 5) is 47.7. The Kier molecular flexibility index (Phi) is 7.70. The number of carbonyl (C=O) groups is 3. The quantitative estimate of drug-likeness (QED) is 0.526. The zero-order chi connectivity index (χ0) is 27.4. The highest BCUT2D eigenvalue weighted by Crippen LogP contribution is 2.39. The van der Waals surface area contributed by atoms with Gasteiger partial charge in [0.05, 0.1) is 18.8 Å². The average molecular weight is 531 g/mol. The zero-order valence-electron chi connectivity index (χ0n) is 21.8. The number of likely N-dealkylation sites (tertiary alicyclic amines) is 1. The van der Waals surface area contributed by atoms with Crippen molar-refractivity contribution in [3.05, 3.63) is 101 Å². The predicted octanol–water partition coefficient (Wildman–Crippen LogP) is 3.57. The second-order valence-corrected chi connectivity index (χ2v) is 9.84. The lowest BCUT2D eigenvalue weighted by Gasteiger charge is -2.44. The van der Waals surface area contributed by atoms with Crippen LogP contribution in [-0.4, -0.2) is 64.0 Å². The molecular formula is C30H31FN4O4. The average Bonchev–Trinajstić information content (AvgIpc) is 3.35. The van der Waals surface area contributed by atoms with E-state index in [9.17, 15) is 18.8 Å². The summed E-state index contributed by atoms with van der Waals surface area (Å²) >= 11 is 0. The summed E-state index contributed by atoms with van der Waals surface area (Å²) in [6.07, 6.45) is 3.24. The second-order valence-electron chi connectivity index (χ2n) is 9.84. The van der Waals surface area contributed by atoms with E-state index in [4.69, 9.17) is 4.74 Å². The number of amides is 3. The molecule has 0 saturated carbocycles. The van der Waals surface area contributed by atoms with Crippen LogP contribution in [0.4, 0.5) is 4.39 Å². The van der Waals surface area contributed by atoms with Gasteiger partial charge in [-0.15, -0.1) is 0 Å². The molecule has 0 aliphatic carbocycles. The second kappa shape index (κ2) is 11.3. The molecule has 202 valence electrons. The molecule has 2 aliphatic rings. The van der Waals surface area contributed by atoms with Crippen LogP contribution >= 0.6 is 0 Å². The zero-order valence-corrected chi connectivity index (χ0v) is 21.8. The first kappa shape index (κ1) is 26.5. The molecule has 2 aliphatic heterocycles. The summed E-state index contributed by atoms with van der Waals surface area (Å²) in [5, 5.41) is 2.87. The summed E-state index contributed by atoms with van der Waals surface area (Å²) in [5.74, 6) is -1.31. The summed E-state index contributed by atoms with van der Waals surface area (Å²) in [6, 6.07) is 17.4. The molecule has 5 rings (SSSR count). The van der Waals surface area contributed by atoms with Gasteiger partial charge in [0, 0.05) is 43.3 Å². The summed E-state index contributed by atoms with van der Waals surface area (Å²) in [6.45, 7) is 3.02. The van der Waals surface area contributed by atoms with Crippen LogP contribution in [0.25, 0.3) is 0 Å². The molecule has 2 fully saturated rings. The van der Waals surface area contributed by atoms with Gasteiger partial charge >= 0.3 is 0 Å². The Hall–Kier alpha value is -4.11. The van der Waals surface area contributed by atoms with E-state index >= 15 is 0 Å². The van der Waals surface area contributed by atoms with E-state index in [-0.39, 0.29) is 30.5 Å². The van der Waals surface area contributed by atoms with Crippen LogP contribution in [0, 0.1) is 5.82 Å². The molecule has 0 radical (unpaired) electrons. The Morgan fingerprint density at radius 3 is 2.28 bits per heavy atom. The van der Waals surface area contributed by atoms with Crippen molar-refractivity contribution >= 4 is 17.7 Å². The maximum absolute atomic E-state index is 13.8. The summed E-state index contributed by atoms with van der Waals surface area (Å²) < 4.78 is 19.8. The first-order valence-electron chi connectivity index (χ1n) is 13.2. The maximum Gasteiger partial charge on any atom is 0.256 e. The van der Waals surface area contributed by atoms with Crippen molar-refractivity contribution < 1.29 is 23.5 Å². The molecule has 2 aromatic carbocycles. The third-order valence-corrected chi connectivity index (χ3v) is 7.48. The van der Waals surface area contributed by atoms with Gasteiger partial charge in [0.15, 0.2) is 0 Å². The largest absolute Gasteiger partial charge is 0.353 e. The number of piperidine rings is 1. The topological polar surface area (TPSA) is 91.8 Å². The van der Waals surface area contributed by atoms with Gasteiger partial charge in [-0.2, -0.15) is 0 Å². The van der Waals surface area contributed by atoms with Crippen LogP contribution in [0.15, 0.2) is 72.9 Å². The van der Waals surface area contributed by atoms with Crippen molar-refractivity contribution in [3.63, 3.8) is 0 Å². The number of rotatable bonds is 6. The Morgan fingerprint density at radius 2 is 1.64 bits per heavy atom. The molecule has 0 unspecified atom stereocenters. The molecular weight excluding hydrogens is 499 g/mol. The van der Waals surface area contributed by atoms with Crippen molar-refractivity contribution in [1.82, 2.24) is 20.1 Å². The fraction of sp³-hybridized carbons (Fsp3) is 0.333.